The number of hydrogen-bond donors (Lipinski definition) is 1. The number of fused-ring (bicyclic) bond motifs is 1. The van der Waals surface area contributed by atoms with Gasteiger partial charge in [-0.05, 0) is 31.9 Å². The molecule has 5 nitrogen and oxygen atoms in total. The summed E-state index contributed by atoms with van der Waals surface area (Å²) in [5, 5.41) is 11.7. The van der Waals surface area contributed by atoms with E-state index in [9.17, 15) is 14.9 Å². The van der Waals surface area contributed by atoms with Gasteiger partial charge in [0.2, 0.25) is 5.56 Å². The van der Waals surface area contributed by atoms with Gasteiger partial charge in [0.05, 0.1) is 10.4 Å². The van der Waals surface area contributed by atoms with Crippen LogP contribution in [0.5, 0.6) is 0 Å². The Labute approximate surface area is 97.2 Å². The first-order chi connectivity index (χ1) is 7.91. The Morgan fingerprint density at radius 2 is 1.82 bits per heavy atom. The largest absolute Gasteiger partial charge is 0.322 e. The van der Waals surface area contributed by atoms with Gasteiger partial charge in [-0.15, -0.1) is 0 Å². The molecular formula is C12H12N2O3. The summed E-state index contributed by atoms with van der Waals surface area (Å²) in [5.74, 6) is 0. The van der Waals surface area contributed by atoms with Crippen molar-refractivity contribution < 1.29 is 4.92 Å². The number of benzene rings is 1. The molecule has 0 spiro atoms. The second-order valence-corrected chi connectivity index (χ2v) is 4.14. The molecule has 0 fully saturated rings. The minimum atomic E-state index is -0.397. The smallest absolute Gasteiger partial charge is 0.273 e. The number of rotatable bonds is 1. The fraction of sp³-hybridized carbons (Fsp3) is 0.250. The van der Waals surface area contributed by atoms with Gasteiger partial charge >= 0.3 is 0 Å². The molecule has 1 aromatic heterocycles. The van der Waals surface area contributed by atoms with Crippen molar-refractivity contribution in [2.75, 3.05) is 0 Å². The highest BCUT2D eigenvalue weighted by Crippen LogP contribution is 2.29. The molecule has 1 heterocycles. The number of aromatic amines is 1. The average Bonchev–Trinajstić information content (AvgIpc) is 2.23. The summed E-state index contributed by atoms with van der Waals surface area (Å²) < 4.78 is 0. The number of hydrogen-bond acceptors (Lipinski definition) is 3. The van der Waals surface area contributed by atoms with E-state index < -0.39 is 4.92 Å². The molecule has 0 atom stereocenters. The number of nitro groups is 1. The lowest BCUT2D eigenvalue weighted by Gasteiger charge is -2.08. The SMILES string of the molecule is Cc1c([N+](=O)[O-])cc2c(C)cc(=O)[nH]c2c1C. The molecule has 0 saturated heterocycles. The summed E-state index contributed by atoms with van der Waals surface area (Å²) in [4.78, 5) is 24.7. The van der Waals surface area contributed by atoms with E-state index in [2.05, 4.69) is 4.98 Å². The number of nitro benzene ring substituents is 1. The Morgan fingerprint density at radius 3 is 2.41 bits per heavy atom. The highest BCUT2D eigenvalue weighted by molar-refractivity contribution is 5.88. The van der Waals surface area contributed by atoms with Crippen molar-refractivity contribution in [3.8, 4) is 0 Å². The van der Waals surface area contributed by atoms with Crippen LogP contribution in [0.1, 0.15) is 16.7 Å². The van der Waals surface area contributed by atoms with Gasteiger partial charge in [-0.1, -0.05) is 0 Å². The lowest BCUT2D eigenvalue weighted by Crippen LogP contribution is -2.07. The zero-order valence-corrected chi connectivity index (χ0v) is 9.83. The van der Waals surface area contributed by atoms with Gasteiger partial charge in [-0.2, -0.15) is 0 Å². The maximum Gasteiger partial charge on any atom is 0.273 e. The number of pyridine rings is 1. The van der Waals surface area contributed by atoms with Crippen molar-refractivity contribution in [3.63, 3.8) is 0 Å². The molecule has 2 rings (SSSR count). The molecule has 0 unspecified atom stereocenters. The predicted octanol–water partition coefficient (Wildman–Crippen LogP) is 2.36. The summed E-state index contributed by atoms with van der Waals surface area (Å²) in [6, 6.07) is 2.96. The van der Waals surface area contributed by atoms with Crippen molar-refractivity contribution in [2.45, 2.75) is 20.8 Å². The molecule has 88 valence electrons. The van der Waals surface area contributed by atoms with E-state index in [1.54, 1.807) is 20.8 Å². The molecule has 1 N–H and O–H groups in total. The molecule has 0 aliphatic heterocycles. The van der Waals surface area contributed by atoms with Crippen LogP contribution >= 0.6 is 0 Å². The number of aryl methyl sites for hydroxylation is 2. The Hall–Kier alpha value is -2.17. The van der Waals surface area contributed by atoms with E-state index in [1.165, 1.54) is 12.1 Å². The fourth-order valence-electron chi connectivity index (χ4n) is 1.99. The molecule has 0 saturated carbocycles. The third-order valence-electron chi connectivity index (χ3n) is 3.09. The summed E-state index contributed by atoms with van der Waals surface area (Å²) in [6.07, 6.45) is 0. The van der Waals surface area contributed by atoms with E-state index in [1.807, 2.05) is 0 Å². The highest BCUT2D eigenvalue weighted by atomic mass is 16.6. The van der Waals surface area contributed by atoms with Crippen molar-refractivity contribution in [3.05, 3.63) is 49.3 Å². The maximum absolute atomic E-state index is 11.4. The summed E-state index contributed by atoms with van der Waals surface area (Å²) in [6.45, 7) is 5.24. The quantitative estimate of drug-likeness (QED) is 0.605. The molecule has 0 amide bonds. The van der Waals surface area contributed by atoms with Crippen molar-refractivity contribution in [1.82, 2.24) is 4.98 Å². The van der Waals surface area contributed by atoms with E-state index in [0.29, 0.717) is 11.1 Å². The van der Waals surface area contributed by atoms with Crippen LogP contribution in [0.15, 0.2) is 16.9 Å². The first-order valence-electron chi connectivity index (χ1n) is 5.20. The Bertz CT molecular complexity index is 686. The molecule has 17 heavy (non-hydrogen) atoms. The summed E-state index contributed by atoms with van der Waals surface area (Å²) >= 11 is 0. The summed E-state index contributed by atoms with van der Waals surface area (Å²) in [7, 11) is 0. The van der Waals surface area contributed by atoms with Crippen LogP contribution in [-0.4, -0.2) is 9.91 Å². The van der Waals surface area contributed by atoms with Crippen LogP contribution in [0.2, 0.25) is 0 Å². The molecule has 0 aliphatic carbocycles. The van der Waals surface area contributed by atoms with E-state index in [-0.39, 0.29) is 11.2 Å². The van der Waals surface area contributed by atoms with E-state index >= 15 is 0 Å². The Kier molecular flexibility index (Phi) is 2.46. The van der Waals surface area contributed by atoms with Gasteiger partial charge in [0.15, 0.2) is 0 Å². The van der Waals surface area contributed by atoms with E-state index in [4.69, 9.17) is 0 Å². The molecule has 0 bridgehead atoms. The number of aromatic nitrogens is 1. The normalized spacial score (nSPS) is 10.8. The lowest BCUT2D eigenvalue weighted by atomic mass is 10.0. The first kappa shape index (κ1) is 11.3. The third-order valence-corrected chi connectivity index (χ3v) is 3.09. The molecule has 5 heteroatoms. The minimum Gasteiger partial charge on any atom is -0.322 e. The van der Waals surface area contributed by atoms with Crippen LogP contribution in [0.3, 0.4) is 0 Å². The van der Waals surface area contributed by atoms with Crippen LogP contribution in [0.4, 0.5) is 5.69 Å². The molecule has 0 aliphatic rings. The van der Waals surface area contributed by atoms with Gasteiger partial charge in [-0.25, -0.2) is 0 Å². The minimum absolute atomic E-state index is 0.0881. The van der Waals surface area contributed by atoms with Crippen molar-refractivity contribution >= 4 is 16.6 Å². The Morgan fingerprint density at radius 1 is 1.18 bits per heavy atom. The summed E-state index contributed by atoms with van der Waals surface area (Å²) in [5.41, 5.74) is 2.66. The maximum atomic E-state index is 11.4. The van der Waals surface area contributed by atoms with Crippen LogP contribution in [0.25, 0.3) is 10.9 Å². The number of nitrogens with zero attached hydrogens (tertiary/aromatic N) is 1. The average molecular weight is 232 g/mol. The second-order valence-electron chi connectivity index (χ2n) is 4.14. The van der Waals surface area contributed by atoms with Gasteiger partial charge in [-0.3, -0.25) is 14.9 Å². The van der Waals surface area contributed by atoms with E-state index in [0.717, 1.165) is 16.5 Å². The number of H-pyrrole nitrogens is 1. The van der Waals surface area contributed by atoms with Gasteiger partial charge < -0.3 is 4.98 Å². The zero-order valence-electron chi connectivity index (χ0n) is 9.83. The van der Waals surface area contributed by atoms with Crippen molar-refractivity contribution in [1.29, 1.82) is 0 Å². The molecule has 1 aromatic carbocycles. The third kappa shape index (κ3) is 1.69. The molecular weight excluding hydrogens is 220 g/mol. The zero-order chi connectivity index (χ0) is 12.7. The second kappa shape index (κ2) is 3.69. The molecule has 2 aromatic rings. The standard InChI is InChI=1S/C12H12N2O3/c1-6-4-11(15)13-12-8(3)7(2)10(14(16)17)5-9(6)12/h4-5H,1-3H3,(H,13,15). The Balaban J connectivity index is 3.01. The number of nitrogens with one attached hydrogen (secondary N) is 1. The van der Waals surface area contributed by atoms with Gasteiger partial charge in [0.25, 0.3) is 5.69 Å². The predicted molar refractivity (Wildman–Crippen MR) is 65.4 cm³/mol. The topological polar surface area (TPSA) is 76.0 Å². The molecule has 0 radical (unpaired) electrons. The first-order valence-corrected chi connectivity index (χ1v) is 5.20. The highest BCUT2D eigenvalue weighted by Gasteiger charge is 2.16. The van der Waals surface area contributed by atoms with Gasteiger partial charge in [0.1, 0.15) is 0 Å². The lowest BCUT2D eigenvalue weighted by molar-refractivity contribution is -0.385. The van der Waals surface area contributed by atoms with Crippen LogP contribution < -0.4 is 5.56 Å². The van der Waals surface area contributed by atoms with Crippen molar-refractivity contribution in [2.24, 2.45) is 0 Å². The fourth-order valence-corrected chi connectivity index (χ4v) is 1.99. The van der Waals surface area contributed by atoms with Crippen LogP contribution in [-0.2, 0) is 0 Å². The van der Waals surface area contributed by atoms with Gasteiger partial charge in [0, 0.05) is 23.1 Å². The monoisotopic (exact) mass is 232 g/mol. The van der Waals surface area contributed by atoms with Crippen LogP contribution in [0, 0.1) is 30.9 Å².